The minimum Gasteiger partial charge on any atom is -0.361 e. The highest BCUT2D eigenvalue weighted by Crippen LogP contribution is 2.41. The first-order valence-corrected chi connectivity index (χ1v) is 8.87. The summed E-state index contributed by atoms with van der Waals surface area (Å²) in [6.45, 7) is 8.95. The number of hydrogen-bond acceptors (Lipinski definition) is 5. The Balaban J connectivity index is 1.40. The number of hydrogen-bond donors (Lipinski definition) is 1. The lowest BCUT2D eigenvalue weighted by molar-refractivity contribution is 0.310. The second kappa shape index (κ2) is 6.29. The molecule has 1 aromatic carbocycles. The van der Waals surface area contributed by atoms with Crippen molar-refractivity contribution in [3.8, 4) is 0 Å². The third-order valence-electron chi connectivity index (χ3n) is 5.16. The van der Waals surface area contributed by atoms with E-state index in [0.29, 0.717) is 6.54 Å². The summed E-state index contributed by atoms with van der Waals surface area (Å²) in [5.74, 6) is 0.836. The fourth-order valence-corrected chi connectivity index (χ4v) is 3.38. The quantitative estimate of drug-likeness (QED) is 0.686. The fraction of sp³-hybridized carbons (Fsp3) is 0.400. The Morgan fingerprint density at radius 2 is 1.96 bits per heavy atom. The summed E-state index contributed by atoms with van der Waals surface area (Å²) in [5.41, 5.74) is 4.16. The molecule has 2 atom stereocenters. The van der Waals surface area contributed by atoms with E-state index >= 15 is 0 Å². The van der Waals surface area contributed by atoms with Crippen LogP contribution in [0.15, 0.2) is 47.2 Å². The van der Waals surface area contributed by atoms with Crippen molar-refractivity contribution in [3.05, 3.63) is 65.3 Å². The van der Waals surface area contributed by atoms with Gasteiger partial charge in [-0.3, -0.25) is 4.68 Å². The van der Waals surface area contributed by atoms with Gasteiger partial charge in [0.25, 0.3) is 0 Å². The van der Waals surface area contributed by atoms with E-state index in [2.05, 4.69) is 53.7 Å². The normalized spacial score (nSPS) is 19.5. The number of rotatable bonds is 6. The molecule has 0 saturated carbocycles. The molecule has 1 aliphatic rings. The zero-order valence-corrected chi connectivity index (χ0v) is 15.6. The molecule has 4 rings (SSSR count). The molecule has 26 heavy (non-hydrogen) atoms. The summed E-state index contributed by atoms with van der Waals surface area (Å²) in [5, 5.41) is 11.8. The minimum atomic E-state index is -0.0500. The van der Waals surface area contributed by atoms with E-state index in [4.69, 9.17) is 9.26 Å². The molecule has 136 valence electrons. The standard InChI is InChI=1S/C20H24N4O2/c1-13-17(14(2)26-23-13)12-24-11-16(10-21-24)22-19-18(25-19)20(3,4)15-8-6-5-7-9-15/h5-11,18-19,22H,12H2,1-4H3. The molecule has 0 aliphatic carbocycles. The summed E-state index contributed by atoms with van der Waals surface area (Å²) in [6.07, 6.45) is 3.95. The van der Waals surface area contributed by atoms with E-state index < -0.39 is 0 Å². The highest BCUT2D eigenvalue weighted by Gasteiger charge is 2.50. The Morgan fingerprint density at radius 3 is 2.65 bits per heavy atom. The summed E-state index contributed by atoms with van der Waals surface area (Å²) >= 11 is 0. The van der Waals surface area contributed by atoms with Gasteiger partial charge in [0.15, 0.2) is 6.23 Å². The lowest BCUT2D eigenvalue weighted by Crippen LogP contribution is -2.28. The van der Waals surface area contributed by atoms with E-state index in [1.165, 1.54) is 5.56 Å². The zero-order valence-electron chi connectivity index (χ0n) is 15.6. The predicted octanol–water partition coefficient (Wildman–Crippen LogP) is 3.65. The second-order valence-corrected chi connectivity index (χ2v) is 7.44. The van der Waals surface area contributed by atoms with Crippen LogP contribution in [0.4, 0.5) is 5.69 Å². The van der Waals surface area contributed by atoms with Gasteiger partial charge in [-0.05, 0) is 19.4 Å². The van der Waals surface area contributed by atoms with Gasteiger partial charge in [0.2, 0.25) is 0 Å². The first kappa shape index (κ1) is 16.8. The third kappa shape index (κ3) is 3.12. The van der Waals surface area contributed by atoms with E-state index in [-0.39, 0.29) is 17.7 Å². The number of nitrogens with zero attached hydrogens (tertiary/aromatic N) is 3. The van der Waals surface area contributed by atoms with Crippen molar-refractivity contribution in [2.45, 2.75) is 52.0 Å². The molecule has 1 fully saturated rings. The van der Waals surface area contributed by atoms with Gasteiger partial charge in [0, 0.05) is 17.2 Å². The van der Waals surface area contributed by atoms with E-state index in [9.17, 15) is 0 Å². The van der Waals surface area contributed by atoms with Gasteiger partial charge in [0.05, 0.1) is 24.1 Å². The van der Waals surface area contributed by atoms with Crippen LogP contribution in [0.25, 0.3) is 0 Å². The van der Waals surface area contributed by atoms with Crippen LogP contribution < -0.4 is 5.32 Å². The molecular weight excluding hydrogens is 328 g/mol. The van der Waals surface area contributed by atoms with Gasteiger partial charge < -0.3 is 14.6 Å². The number of benzene rings is 1. The van der Waals surface area contributed by atoms with Crippen molar-refractivity contribution in [2.75, 3.05) is 5.32 Å². The summed E-state index contributed by atoms with van der Waals surface area (Å²) in [4.78, 5) is 0. The number of aromatic nitrogens is 3. The molecule has 2 aromatic heterocycles. The van der Waals surface area contributed by atoms with Crippen LogP contribution in [0.1, 0.15) is 36.4 Å². The van der Waals surface area contributed by atoms with E-state index in [0.717, 1.165) is 22.7 Å². The highest BCUT2D eigenvalue weighted by atomic mass is 16.6. The third-order valence-corrected chi connectivity index (χ3v) is 5.16. The Morgan fingerprint density at radius 1 is 1.19 bits per heavy atom. The molecule has 3 heterocycles. The molecule has 2 unspecified atom stereocenters. The van der Waals surface area contributed by atoms with Crippen LogP contribution in [-0.4, -0.2) is 27.3 Å². The number of epoxide rings is 1. The van der Waals surface area contributed by atoms with Crippen molar-refractivity contribution >= 4 is 5.69 Å². The number of aryl methyl sites for hydroxylation is 2. The second-order valence-electron chi connectivity index (χ2n) is 7.44. The molecule has 1 saturated heterocycles. The van der Waals surface area contributed by atoms with Crippen molar-refractivity contribution in [1.82, 2.24) is 14.9 Å². The first-order chi connectivity index (χ1) is 12.4. The van der Waals surface area contributed by atoms with Crippen molar-refractivity contribution in [1.29, 1.82) is 0 Å². The number of ether oxygens (including phenoxy) is 1. The lowest BCUT2D eigenvalue weighted by Gasteiger charge is -2.23. The van der Waals surface area contributed by atoms with Crippen LogP contribution in [-0.2, 0) is 16.7 Å². The Hall–Kier alpha value is -2.60. The van der Waals surface area contributed by atoms with Crippen molar-refractivity contribution in [3.63, 3.8) is 0 Å². The average molecular weight is 352 g/mol. The van der Waals surface area contributed by atoms with Crippen molar-refractivity contribution < 1.29 is 9.26 Å². The van der Waals surface area contributed by atoms with Crippen LogP contribution in [0.5, 0.6) is 0 Å². The SMILES string of the molecule is Cc1noc(C)c1Cn1cc(NC2OC2C(C)(C)c2ccccc2)cn1. The predicted molar refractivity (Wildman–Crippen MR) is 99.1 cm³/mol. The lowest BCUT2D eigenvalue weighted by atomic mass is 9.81. The Kier molecular flexibility index (Phi) is 4.07. The first-order valence-electron chi connectivity index (χ1n) is 8.87. The van der Waals surface area contributed by atoms with Crippen molar-refractivity contribution in [2.24, 2.45) is 0 Å². The molecule has 0 spiro atoms. The van der Waals surface area contributed by atoms with Gasteiger partial charge >= 0.3 is 0 Å². The summed E-state index contributed by atoms with van der Waals surface area (Å²) in [6, 6.07) is 10.5. The van der Waals surface area contributed by atoms with E-state index in [1.807, 2.05) is 37.0 Å². The largest absolute Gasteiger partial charge is 0.361 e. The van der Waals surface area contributed by atoms with Gasteiger partial charge in [-0.2, -0.15) is 5.10 Å². The van der Waals surface area contributed by atoms with Gasteiger partial charge in [-0.1, -0.05) is 49.3 Å². The maximum atomic E-state index is 5.92. The van der Waals surface area contributed by atoms with Crippen LogP contribution in [0.2, 0.25) is 0 Å². The molecule has 3 aromatic rings. The molecule has 0 bridgehead atoms. The molecule has 0 radical (unpaired) electrons. The Bertz CT molecular complexity index is 878. The smallest absolute Gasteiger partial charge is 0.155 e. The Labute approximate surface area is 153 Å². The average Bonchev–Trinajstić information content (AvgIpc) is 3.17. The molecule has 1 N–H and O–H groups in total. The monoisotopic (exact) mass is 352 g/mol. The zero-order chi connectivity index (χ0) is 18.3. The maximum Gasteiger partial charge on any atom is 0.155 e. The van der Waals surface area contributed by atoms with Crippen LogP contribution in [0, 0.1) is 13.8 Å². The molecular formula is C20H24N4O2. The molecule has 0 amide bonds. The van der Waals surface area contributed by atoms with Gasteiger partial charge in [-0.15, -0.1) is 0 Å². The van der Waals surface area contributed by atoms with E-state index in [1.54, 1.807) is 0 Å². The number of nitrogens with one attached hydrogen (secondary N) is 1. The molecule has 6 heteroatoms. The summed E-state index contributed by atoms with van der Waals surface area (Å²) < 4.78 is 13.0. The fourth-order valence-electron chi connectivity index (χ4n) is 3.38. The minimum absolute atomic E-state index is 0.00178. The van der Waals surface area contributed by atoms with Crippen LogP contribution >= 0.6 is 0 Å². The van der Waals surface area contributed by atoms with Crippen LogP contribution in [0.3, 0.4) is 0 Å². The number of anilines is 1. The summed E-state index contributed by atoms with van der Waals surface area (Å²) in [7, 11) is 0. The molecule has 6 nitrogen and oxygen atoms in total. The van der Waals surface area contributed by atoms with Gasteiger partial charge in [-0.25, -0.2) is 0 Å². The highest BCUT2D eigenvalue weighted by molar-refractivity contribution is 5.42. The molecule has 1 aliphatic heterocycles. The maximum absolute atomic E-state index is 5.92. The topological polar surface area (TPSA) is 68.4 Å². The van der Waals surface area contributed by atoms with Gasteiger partial charge in [0.1, 0.15) is 11.9 Å².